The molecule has 0 aromatic heterocycles. The molecule has 0 unspecified atom stereocenters. The van der Waals surface area contributed by atoms with Crippen LogP contribution >= 0.6 is 23.2 Å². The van der Waals surface area contributed by atoms with Crippen LogP contribution in [-0.4, -0.2) is 22.8 Å². The summed E-state index contributed by atoms with van der Waals surface area (Å²) in [5.41, 5.74) is 2.86. The minimum absolute atomic E-state index is 0.0463. The Labute approximate surface area is 205 Å². The summed E-state index contributed by atoms with van der Waals surface area (Å²) in [6, 6.07) is 23.8. The monoisotopic (exact) mass is 482 g/mol. The van der Waals surface area contributed by atoms with Gasteiger partial charge in [0.2, 0.25) is 11.8 Å². The maximum atomic E-state index is 13.4. The lowest BCUT2D eigenvalue weighted by atomic mass is 10.0. The highest BCUT2D eigenvalue weighted by molar-refractivity contribution is 6.30. The Bertz CT molecular complexity index is 1040. The Kier molecular flexibility index (Phi) is 9.35. The molecule has 2 amide bonds. The van der Waals surface area contributed by atoms with Gasteiger partial charge in [-0.25, -0.2) is 0 Å². The van der Waals surface area contributed by atoms with E-state index in [0.29, 0.717) is 42.4 Å². The Hall–Kier alpha value is -2.82. The summed E-state index contributed by atoms with van der Waals surface area (Å²) >= 11 is 12.0. The molecule has 3 rings (SSSR count). The molecule has 0 saturated heterocycles. The summed E-state index contributed by atoms with van der Waals surface area (Å²) in [6.45, 7) is 2.66. The van der Waals surface area contributed by atoms with E-state index in [1.165, 1.54) is 0 Å². The summed E-state index contributed by atoms with van der Waals surface area (Å²) in [6.07, 6.45) is 1.51. The largest absolute Gasteiger partial charge is 0.350 e. The predicted octanol–water partition coefficient (Wildman–Crippen LogP) is 6.05. The van der Waals surface area contributed by atoms with Crippen LogP contribution in [0.1, 0.15) is 36.5 Å². The smallest absolute Gasteiger partial charge is 0.243 e. The van der Waals surface area contributed by atoms with Crippen molar-refractivity contribution in [3.05, 3.63) is 106 Å². The zero-order chi connectivity index (χ0) is 23.6. The fourth-order valence-electron chi connectivity index (χ4n) is 3.61. The van der Waals surface area contributed by atoms with Crippen LogP contribution in [0.3, 0.4) is 0 Å². The van der Waals surface area contributed by atoms with Gasteiger partial charge in [0.1, 0.15) is 6.04 Å². The highest BCUT2D eigenvalue weighted by atomic mass is 35.5. The molecule has 33 heavy (non-hydrogen) atoms. The van der Waals surface area contributed by atoms with Gasteiger partial charge in [0, 0.05) is 36.0 Å². The lowest BCUT2D eigenvalue weighted by molar-refractivity contribution is -0.141. The number of nitrogens with one attached hydrogen (secondary N) is 1. The van der Waals surface area contributed by atoms with Gasteiger partial charge in [-0.3, -0.25) is 9.59 Å². The number of hydrogen-bond donors (Lipinski definition) is 1. The van der Waals surface area contributed by atoms with Gasteiger partial charge in [-0.1, -0.05) is 84.7 Å². The normalized spacial score (nSPS) is 11.6. The quantitative estimate of drug-likeness (QED) is 0.382. The van der Waals surface area contributed by atoms with E-state index in [1.54, 1.807) is 29.2 Å². The highest BCUT2D eigenvalue weighted by Crippen LogP contribution is 2.18. The zero-order valence-corrected chi connectivity index (χ0v) is 20.1. The first kappa shape index (κ1) is 24.8. The molecule has 3 aromatic carbocycles. The third-order valence-electron chi connectivity index (χ3n) is 5.38. The number of rotatable bonds is 10. The van der Waals surface area contributed by atoms with E-state index in [9.17, 15) is 9.59 Å². The molecular formula is C27H28Cl2N2O2. The SMILES string of the molecule is CCCC(=O)N(Cc1ccc(Cl)cc1)[C@@H](Cc1ccccc1)C(=O)NCc1ccc(Cl)cc1. The Morgan fingerprint density at radius 1 is 0.818 bits per heavy atom. The maximum Gasteiger partial charge on any atom is 0.243 e. The second-order valence-electron chi connectivity index (χ2n) is 7.95. The summed E-state index contributed by atoms with van der Waals surface area (Å²) < 4.78 is 0. The lowest BCUT2D eigenvalue weighted by Gasteiger charge is -2.31. The molecule has 3 aromatic rings. The van der Waals surface area contributed by atoms with Crippen molar-refractivity contribution < 1.29 is 9.59 Å². The van der Waals surface area contributed by atoms with Crippen LogP contribution in [0.2, 0.25) is 10.0 Å². The average molecular weight is 483 g/mol. The summed E-state index contributed by atoms with van der Waals surface area (Å²) in [5, 5.41) is 4.29. The van der Waals surface area contributed by atoms with Crippen molar-refractivity contribution in [2.45, 2.75) is 45.3 Å². The molecule has 0 bridgehead atoms. The molecule has 4 nitrogen and oxygen atoms in total. The van der Waals surface area contributed by atoms with E-state index in [4.69, 9.17) is 23.2 Å². The Morgan fingerprint density at radius 2 is 1.39 bits per heavy atom. The van der Waals surface area contributed by atoms with Crippen molar-refractivity contribution in [3.8, 4) is 0 Å². The fourth-order valence-corrected chi connectivity index (χ4v) is 3.86. The van der Waals surface area contributed by atoms with Crippen molar-refractivity contribution >= 4 is 35.0 Å². The number of benzene rings is 3. The molecular weight excluding hydrogens is 455 g/mol. The van der Waals surface area contributed by atoms with E-state index in [0.717, 1.165) is 16.7 Å². The summed E-state index contributed by atoms with van der Waals surface area (Å²) in [4.78, 5) is 28.3. The molecule has 0 aliphatic heterocycles. The molecule has 0 radical (unpaired) electrons. The minimum Gasteiger partial charge on any atom is -0.350 e. The van der Waals surface area contributed by atoms with Crippen molar-refractivity contribution in [1.29, 1.82) is 0 Å². The van der Waals surface area contributed by atoms with E-state index in [-0.39, 0.29) is 11.8 Å². The molecule has 0 fully saturated rings. The second-order valence-corrected chi connectivity index (χ2v) is 8.82. The standard InChI is InChI=1S/C27H28Cl2N2O2/c1-2-6-26(32)31(19-22-11-15-24(29)16-12-22)25(17-20-7-4-3-5-8-20)27(33)30-18-21-9-13-23(28)14-10-21/h3-5,7-16,25H,2,6,17-19H2,1H3,(H,30,33)/t25-/m0/s1. The van der Waals surface area contributed by atoms with E-state index >= 15 is 0 Å². The van der Waals surface area contributed by atoms with Gasteiger partial charge < -0.3 is 10.2 Å². The predicted molar refractivity (Wildman–Crippen MR) is 134 cm³/mol. The van der Waals surface area contributed by atoms with Gasteiger partial charge >= 0.3 is 0 Å². The highest BCUT2D eigenvalue weighted by Gasteiger charge is 2.29. The van der Waals surface area contributed by atoms with Gasteiger partial charge in [0.15, 0.2) is 0 Å². The van der Waals surface area contributed by atoms with Crippen LogP contribution in [0, 0.1) is 0 Å². The molecule has 0 aliphatic carbocycles. The summed E-state index contributed by atoms with van der Waals surface area (Å²) in [5.74, 6) is -0.234. The zero-order valence-electron chi connectivity index (χ0n) is 18.6. The number of carbonyl (C=O) groups is 2. The molecule has 6 heteroatoms. The van der Waals surface area contributed by atoms with Crippen LogP contribution in [0.25, 0.3) is 0 Å². The Morgan fingerprint density at radius 3 is 1.97 bits per heavy atom. The third-order valence-corrected chi connectivity index (χ3v) is 5.89. The molecule has 1 N–H and O–H groups in total. The van der Waals surface area contributed by atoms with Gasteiger partial charge in [-0.05, 0) is 47.4 Å². The third kappa shape index (κ3) is 7.62. The number of carbonyl (C=O) groups excluding carboxylic acids is 2. The van der Waals surface area contributed by atoms with Crippen LogP contribution in [0.15, 0.2) is 78.9 Å². The van der Waals surface area contributed by atoms with Gasteiger partial charge in [-0.2, -0.15) is 0 Å². The molecule has 0 aliphatic rings. The number of halogens is 2. The first-order valence-electron chi connectivity index (χ1n) is 11.1. The molecule has 0 saturated carbocycles. The fraction of sp³-hybridized carbons (Fsp3) is 0.259. The molecule has 172 valence electrons. The first-order chi connectivity index (χ1) is 16.0. The number of amides is 2. The van der Waals surface area contributed by atoms with Gasteiger partial charge in [0.25, 0.3) is 0 Å². The molecule has 1 atom stereocenters. The van der Waals surface area contributed by atoms with Crippen LogP contribution in [-0.2, 0) is 29.1 Å². The van der Waals surface area contributed by atoms with Crippen LogP contribution in [0.5, 0.6) is 0 Å². The topological polar surface area (TPSA) is 49.4 Å². The van der Waals surface area contributed by atoms with Crippen molar-refractivity contribution in [3.63, 3.8) is 0 Å². The minimum atomic E-state index is -0.644. The number of nitrogens with zero attached hydrogens (tertiary/aromatic N) is 1. The molecule has 0 spiro atoms. The maximum absolute atomic E-state index is 13.4. The van der Waals surface area contributed by atoms with Gasteiger partial charge in [0.05, 0.1) is 0 Å². The van der Waals surface area contributed by atoms with E-state index < -0.39 is 6.04 Å². The first-order valence-corrected chi connectivity index (χ1v) is 11.8. The average Bonchev–Trinajstić information content (AvgIpc) is 2.82. The van der Waals surface area contributed by atoms with Crippen LogP contribution < -0.4 is 5.32 Å². The van der Waals surface area contributed by atoms with E-state index in [1.807, 2.05) is 61.5 Å². The summed E-state index contributed by atoms with van der Waals surface area (Å²) in [7, 11) is 0. The second kappa shape index (κ2) is 12.4. The lowest BCUT2D eigenvalue weighted by Crippen LogP contribution is -2.50. The van der Waals surface area contributed by atoms with Crippen molar-refractivity contribution in [1.82, 2.24) is 10.2 Å². The Balaban J connectivity index is 1.86. The number of hydrogen-bond acceptors (Lipinski definition) is 2. The van der Waals surface area contributed by atoms with Gasteiger partial charge in [-0.15, -0.1) is 0 Å². The molecule has 0 heterocycles. The van der Waals surface area contributed by atoms with Crippen molar-refractivity contribution in [2.75, 3.05) is 0 Å². The van der Waals surface area contributed by atoms with E-state index in [2.05, 4.69) is 5.32 Å². The van der Waals surface area contributed by atoms with Crippen LogP contribution in [0.4, 0.5) is 0 Å². The van der Waals surface area contributed by atoms with Crippen molar-refractivity contribution in [2.24, 2.45) is 0 Å².